The van der Waals surface area contributed by atoms with Crippen LogP contribution in [-0.2, 0) is 10.2 Å². The third-order valence-electron chi connectivity index (χ3n) is 4.15. The summed E-state index contributed by atoms with van der Waals surface area (Å²) in [6.07, 6.45) is 3.59. The summed E-state index contributed by atoms with van der Waals surface area (Å²) >= 11 is 0. The van der Waals surface area contributed by atoms with E-state index in [0.29, 0.717) is 25.1 Å². The fourth-order valence-electron chi connectivity index (χ4n) is 2.82. The number of hydrogen-bond acceptors (Lipinski definition) is 3. The van der Waals surface area contributed by atoms with Crippen LogP contribution in [-0.4, -0.2) is 67.1 Å². The van der Waals surface area contributed by atoms with Crippen molar-refractivity contribution in [1.29, 1.82) is 0 Å². The van der Waals surface area contributed by atoms with Gasteiger partial charge < -0.3 is 4.90 Å². The highest BCUT2D eigenvalue weighted by Gasteiger charge is 2.31. The monoisotopic (exact) mass is 381 g/mol. The highest BCUT2D eigenvalue weighted by Crippen LogP contribution is 2.15. The molecule has 26 heavy (non-hydrogen) atoms. The van der Waals surface area contributed by atoms with Crippen molar-refractivity contribution < 1.29 is 17.6 Å². The van der Waals surface area contributed by atoms with Crippen molar-refractivity contribution in [2.75, 3.05) is 39.3 Å². The van der Waals surface area contributed by atoms with Crippen LogP contribution in [0.4, 0.5) is 4.39 Å². The first-order valence-corrected chi connectivity index (χ1v) is 9.81. The Morgan fingerprint density at radius 3 is 2.27 bits per heavy atom. The standard InChI is InChI=1S/C18H24FN3O3S/c1-3-10-21(11-4-2)26(24,25)22-13-5-12-20(14-15-22)18(23)16-6-8-17(19)9-7-16/h3-4,6-9H,1-2,5,10-15H2. The van der Waals surface area contributed by atoms with E-state index in [1.54, 1.807) is 4.90 Å². The Labute approximate surface area is 154 Å². The number of benzene rings is 1. The largest absolute Gasteiger partial charge is 0.337 e. The lowest BCUT2D eigenvalue weighted by molar-refractivity contribution is 0.0764. The van der Waals surface area contributed by atoms with E-state index in [2.05, 4.69) is 13.2 Å². The second-order valence-corrected chi connectivity index (χ2v) is 7.88. The lowest BCUT2D eigenvalue weighted by atomic mass is 10.2. The molecule has 2 rings (SSSR count). The van der Waals surface area contributed by atoms with Crippen LogP contribution < -0.4 is 0 Å². The van der Waals surface area contributed by atoms with Gasteiger partial charge >= 0.3 is 0 Å². The molecule has 0 radical (unpaired) electrons. The summed E-state index contributed by atoms with van der Waals surface area (Å²) in [5, 5.41) is 0. The molecular formula is C18H24FN3O3S. The van der Waals surface area contributed by atoms with Gasteiger partial charge in [0.15, 0.2) is 0 Å². The van der Waals surface area contributed by atoms with Crippen molar-refractivity contribution in [2.24, 2.45) is 0 Å². The Morgan fingerprint density at radius 1 is 1.08 bits per heavy atom. The van der Waals surface area contributed by atoms with E-state index < -0.39 is 16.0 Å². The molecule has 1 aromatic rings. The number of carbonyl (C=O) groups excluding carboxylic acids is 1. The first-order valence-electron chi connectivity index (χ1n) is 8.42. The number of nitrogens with zero attached hydrogens (tertiary/aromatic N) is 3. The van der Waals surface area contributed by atoms with E-state index in [1.165, 1.54) is 45.0 Å². The van der Waals surface area contributed by atoms with Crippen LogP contribution >= 0.6 is 0 Å². The molecule has 0 N–H and O–H groups in total. The van der Waals surface area contributed by atoms with Gasteiger partial charge in [0.05, 0.1) is 0 Å². The van der Waals surface area contributed by atoms with Gasteiger partial charge in [-0.2, -0.15) is 17.0 Å². The summed E-state index contributed by atoms with van der Waals surface area (Å²) in [6, 6.07) is 5.36. The Morgan fingerprint density at radius 2 is 1.69 bits per heavy atom. The molecule has 0 aliphatic carbocycles. The molecule has 1 amide bonds. The van der Waals surface area contributed by atoms with Crippen molar-refractivity contribution in [2.45, 2.75) is 6.42 Å². The molecule has 1 fully saturated rings. The molecule has 0 aromatic heterocycles. The highest BCUT2D eigenvalue weighted by atomic mass is 32.2. The summed E-state index contributed by atoms with van der Waals surface area (Å²) in [4.78, 5) is 14.2. The van der Waals surface area contributed by atoms with Crippen LogP contribution in [0.15, 0.2) is 49.6 Å². The van der Waals surface area contributed by atoms with E-state index in [9.17, 15) is 17.6 Å². The maximum Gasteiger partial charge on any atom is 0.282 e. The normalized spacial score (nSPS) is 16.3. The van der Waals surface area contributed by atoms with Crippen LogP contribution in [0.25, 0.3) is 0 Å². The summed E-state index contributed by atoms with van der Waals surface area (Å²) in [5.41, 5.74) is 0.391. The minimum absolute atomic E-state index is 0.197. The summed E-state index contributed by atoms with van der Waals surface area (Å²) in [7, 11) is -3.65. The molecule has 8 heteroatoms. The molecule has 1 aromatic carbocycles. The Hall–Kier alpha value is -2.03. The van der Waals surface area contributed by atoms with Crippen molar-refractivity contribution in [1.82, 2.24) is 13.5 Å². The van der Waals surface area contributed by atoms with Gasteiger partial charge in [0, 0.05) is 44.8 Å². The number of hydrogen-bond donors (Lipinski definition) is 0. The molecule has 0 spiro atoms. The minimum Gasteiger partial charge on any atom is -0.337 e. The topological polar surface area (TPSA) is 60.9 Å². The molecule has 142 valence electrons. The molecule has 6 nitrogen and oxygen atoms in total. The van der Waals surface area contributed by atoms with Gasteiger partial charge in [0.1, 0.15) is 5.82 Å². The lowest BCUT2D eigenvalue weighted by Gasteiger charge is -2.27. The highest BCUT2D eigenvalue weighted by molar-refractivity contribution is 7.86. The zero-order valence-corrected chi connectivity index (χ0v) is 15.5. The van der Waals surface area contributed by atoms with E-state index >= 15 is 0 Å². The van der Waals surface area contributed by atoms with Gasteiger partial charge in [0.25, 0.3) is 16.1 Å². The van der Waals surface area contributed by atoms with Crippen molar-refractivity contribution in [3.8, 4) is 0 Å². The first kappa shape index (κ1) is 20.3. The second kappa shape index (κ2) is 9.07. The van der Waals surface area contributed by atoms with Gasteiger partial charge in [-0.3, -0.25) is 4.79 Å². The third kappa shape index (κ3) is 4.78. The van der Waals surface area contributed by atoms with Crippen LogP contribution in [0.5, 0.6) is 0 Å². The van der Waals surface area contributed by atoms with E-state index in [4.69, 9.17) is 0 Å². The summed E-state index contributed by atoms with van der Waals surface area (Å²) in [5.74, 6) is -0.627. The Kier molecular flexibility index (Phi) is 7.07. The molecule has 0 saturated carbocycles. The van der Waals surface area contributed by atoms with Gasteiger partial charge in [-0.15, -0.1) is 13.2 Å². The van der Waals surface area contributed by atoms with Crippen LogP contribution in [0.3, 0.4) is 0 Å². The molecule has 0 bridgehead atoms. The van der Waals surface area contributed by atoms with E-state index in [0.717, 1.165) is 0 Å². The summed E-state index contributed by atoms with van der Waals surface area (Å²) in [6.45, 7) is 8.86. The quantitative estimate of drug-likeness (QED) is 0.678. The van der Waals surface area contributed by atoms with E-state index in [1.807, 2.05) is 0 Å². The maximum absolute atomic E-state index is 13.0. The van der Waals surface area contributed by atoms with Crippen LogP contribution in [0, 0.1) is 5.82 Å². The summed E-state index contributed by atoms with van der Waals surface area (Å²) < 4.78 is 41.3. The predicted octanol–water partition coefficient (Wildman–Crippen LogP) is 1.89. The minimum atomic E-state index is -3.65. The average molecular weight is 381 g/mol. The fraction of sp³-hybridized carbons (Fsp3) is 0.389. The molecule has 0 atom stereocenters. The molecule has 0 unspecified atom stereocenters. The lowest BCUT2D eigenvalue weighted by Crippen LogP contribution is -2.45. The smallest absolute Gasteiger partial charge is 0.282 e. The van der Waals surface area contributed by atoms with Crippen molar-refractivity contribution >= 4 is 16.1 Å². The molecular weight excluding hydrogens is 357 g/mol. The van der Waals surface area contributed by atoms with Crippen LogP contribution in [0.2, 0.25) is 0 Å². The van der Waals surface area contributed by atoms with Gasteiger partial charge in [0.2, 0.25) is 0 Å². The van der Waals surface area contributed by atoms with Crippen molar-refractivity contribution in [3.63, 3.8) is 0 Å². The molecule has 1 saturated heterocycles. The Bertz CT molecular complexity index is 739. The number of carbonyl (C=O) groups is 1. The second-order valence-electron chi connectivity index (χ2n) is 5.95. The number of halogens is 1. The van der Waals surface area contributed by atoms with E-state index in [-0.39, 0.29) is 32.1 Å². The first-order chi connectivity index (χ1) is 12.4. The van der Waals surface area contributed by atoms with Crippen molar-refractivity contribution in [3.05, 3.63) is 61.0 Å². The zero-order valence-electron chi connectivity index (χ0n) is 14.7. The fourth-order valence-corrected chi connectivity index (χ4v) is 4.40. The number of amides is 1. The average Bonchev–Trinajstić information content (AvgIpc) is 2.88. The third-order valence-corrected chi connectivity index (χ3v) is 6.12. The predicted molar refractivity (Wildman–Crippen MR) is 99.4 cm³/mol. The molecule has 1 aliphatic heterocycles. The Balaban J connectivity index is 2.09. The maximum atomic E-state index is 13.0. The van der Waals surface area contributed by atoms with Gasteiger partial charge in [-0.1, -0.05) is 12.2 Å². The van der Waals surface area contributed by atoms with Gasteiger partial charge in [-0.05, 0) is 30.7 Å². The van der Waals surface area contributed by atoms with Crippen LogP contribution in [0.1, 0.15) is 16.8 Å². The molecule has 1 aliphatic rings. The zero-order chi connectivity index (χ0) is 19.2. The SMILES string of the molecule is C=CCN(CC=C)S(=O)(=O)N1CCCN(C(=O)c2ccc(F)cc2)CC1. The molecule has 1 heterocycles. The van der Waals surface area contributed by atoms with Gasteiger partial charge in [-0.25, -0.2) is 4.39 Å². The number of rotatable bonds is 7.